The van der Waals surface area contributed by atoms with E-state index < -0.39 is 0 Å². The SMILES string of the molecule is CCCc1cc(Cl)nc(-c2ccc(SC)cc2)n1. The van der Waals surface area contributed by atoms with Crippen LogP contribution < -0.4 is 0 Å². The van der Waals surface area contributed by atoms with Crippen LogP contribution in [0.25, 0.3) is 11.4 Å². The van der Waals surface area contributed by atoms with Crippen LogP contribution in [0.4, 0.5) is 0 Å². The zero-order valence-electron chi connectivity index (χ0n) is 10.5. The van der Waals surface area contributed by atoms with Crippen LogP contribution in [-0.2, 0) is 6.42 Å². The number of hydrogen-bond donors (Lipinski definition) is 0. The van der Waals surface area contributed by atoms with Gasteiger partial charge in [0.15, 0.2) is 5.82 Å². The molecule has 0 saturated heterocycles. The van der Waals surface area contributed by atoms with Crippen molar-refractivity contribution >= 4 is 23.4 Å². The first-order valence-electron chi connectivity index (χ1n) is 5.91. The predicted molar refractivity (Wildman–Crippen MR) is 78.3 cm³/mol. The molecule has 0 radical (unpaired) electrons. The Balaban J connectivity index is 2.36. The Kier molecular flexibility index (Phi) is 4.61. The van der Waals surface area contributed by atoms with Crippen LogP contribution in [0, 0.1) is 0 Å². The smallest absolute Gasteiger partial charge is 0.161 e. The summed E-state index contributed by atoms with van der Waals surface area (Å²) in [6, 6.07) is 10.1. The van der Waals surface area contributed by atoms with Gasteiger partial charge in [-0.3, -0.25) is 0 Å². The van der Waals surface area contributed by atoms with Crippen molar-refractivity contribution in [1.29, 1.82) is 0 Å². The molecule has 0 amide bonds. The Labute approximate surface area is 117 Å². The minimum Gasteiger partial charge on any atom is -0.233 e. The lowest BCUT2D eigenvalue weighted by Gasteiger charge is -2.05. The third-order valence-corrected chi connectivity index (χ3v) is 3.54. The standard InChI is InChI=1S/C14H15ClN2S/c1-3-4-11-9-13(15)17-14(16-11)10-5-7-12(18-2)8-6-10/h5-9H,3-4H2,1-2H3. The van der Waals surface area contributed by atoms with E-state index in [1.807, 2.05) is 18.2 Å². The van der Waals surface area contributed by atoms with E-state index in [0.717, 1.165) is 24.1 Å². The average Bonchev–Trinajstić information content (AvgIpc) is 2.38. The van der Waals surface area contributed by atoms with Gasteiger partial charge >= 0.3 is 0 Å². The zero-order valence-corrected chi connectivity index (χ0v) is 12.1. The molecule has 2 aromatic rings. The highest BCUT2D eigenvalue weighted by Gasteiger charge is 2.05. The molecule has 0 saturated carbocycles. The van der Waals surface area contributed by atoms with Gasteiger partial charge in [-0.25, -0.2) is 9.97 Å². The highest BCUT2D eigenvalue weighted by atomic mass is 35.5. The lowest BCUT2D eigenvalue weighted by atomic mass is 10.2. The van der Waals surface area contributed by atoms with E-state index in [9.17, 15) is 0 Å². The zero-order chi connectivity index (χ0) is 13.0. The van der Waals surface area contributed by atoms with Gasteiger partial charge in [-0.1, -0.05) is 37.1 Å². The lowest BCUT2D eigenvalue weighted by molar-refractivity contribution is 0.875. The Morgan fingerprint density at radius 3 is 2.50 bits per heavy atom. The number of aromatic nitrogens is 2. The maximum Gasteiger partial charge on any atom is 0.161 e. The molecule has 0 aliphatic rings. The summed E-state index contributed by atoms with van der Waals surface area (Å²) in [6.07, 6.45) is 4.04. The van der Waals surface area contributed by atoms with E-state index in [-0.39, 0.29) is 0 Å². The maximum atomic E-state index is 6.04. The molecular weight excluding hydrogens is 264 g/mol. The number of nitrogens with zero attached hydrogens (tertiary/aromatic N) is 2. The van der Waals surface area contributed by atoms with Crippen LogP contribution >= 0.6 is 23.4 Å². The molecule has 94 valence electrons. The normalized spacial score (nSPS) is 10.6. The van der Waals surface area contributed by atoms with Crippen molar-refractivity contribution in [2.24, 2.45) is 0 Å². The first-order valence-corrected chi connectivity index (χ1v) is 7.51. The van der Waals surface area contributed by atoms with Crippen molar-refractivity contribution in [3.05, 3.63) is 41.2 Å². The van der Waals surface area contributed by atoms with Gasteiger partial charge in [0.1, 0.15) is 5.15 Å². The third-order valence-electron chi connectivity index (χ3n) is 2.60. The fourth-order valence-corrected chi connectivity index (χ4v) is 2.33. The number of aryl methyl sites for hydroxylation is 1. The molecule has 4 heteroatoms. The molecule has 1 aromatic heterocycles. The molecule has 2 rings (SSSR count). The average molecular weight is 279 g/mol. The van der Waals surface area contributed by atoms with Crippen molar-refractivity contribution in [2.75, 3.05) is 6.26 Å². The Bertz CT molecular complexity index is 526. The fourth-order valence-electron chi connectivity index (χ4n) is 1.72. The van der Waals surface area contributed by atoms with Gasteiger partial charge in [-0.05, 0) is 30.9 Å². The summed E-state index contributed by atoms with van der Waals surface area (Å²) >= 11 is 7.76. The van der Waals surface area contributed by atoms with E-state index in [1.54, 1.807) is 11.8 Å². The summed E-state index contributed by atoms with van der Waals surface area (Å²) < 4.78 is 0. The largest absolute Gasteiger partial charge is 0.233 e. The third kappa shape index (κ3) is 3.24. The summed E-state index contributed by atoms with van der Waals surface area (Å²) in [5, 5.41) is 0.511. The van der Waals surface area contributed by atoms with E-state index in [2.05, 4.69) is 35.3 Å². The molecule has 0 spiro atoms. The van der Waals surface area contributed by atoms with Crippen LogP contribution in [0.5, 0.6) is 0 Å². The van der Waals surface area contributed by atoms with E-state index in [4.69, 9.17) is 11.6 Å². The molecule has 0 bridgehead atoms. The number of halogens is 1. The Morgan fingerprint density at radius 1 is 1.17 bits per heavy atom. The minimum absolute atomic E-state index is 0.511. The van der Waals surface area contributed by atoms with Gasteiger partial charge in [-0.15, -0.1) is 11.8 Å². The quantitative estimate of drug-likeness (QED) is 0.609. The van der Waals surface area contributed by atoms with Gasteiger partial charge in [-0.2, -0.15) is 0 Å². The highest BCUT2D eigenvalue weighted by Crippen LogP contribution is 2.22. The summed E-state index contributed by atoms with van der Waals surface area (Å²) in [4.78, 5) is 10.1. The van der Waals surface area contributed by atoms with Crippen LogP contribution in [0.2, 0.25) is 5.15 Å². The van der Waals surface area contributed by atoms with E-state index in [1.165, 1.54) is 4.90 Å². The molecular formula is C14H15ClN2S. The first-order chi connectivity index (χ1) is 8.72. The Hall–Kier alpha value is -1.06. The number of rotatable bonds is 4. The second kappa shape index (κ2) is 6.21. The topological polar surface area (TPSA) is 25.8 Å². The molecule has 1 heterocycles. The second-order valence-electron chi connectivity index (χ2n) is 3.98. The van der Waals surface area contributed by atoms with Gasteiger partial charge in [0.25, 0.3) is 0 Å². The monoisotopic (exact) mass is 278 g/mol. The van der Waals surface area contributed by atoms with Crippen LogP contribution in [0.1, 0.15) is 19.0 Å². The molecule has 0 unspecified atom stereocenters. The fraction of sp³-hybridized carbons (Fsp3) is 0.286. The van der Waals surface area contributed by atoms with Crippen molar-refractivity contribution in [2.45, 2.75) is 24.7 Å². The lowest BCUT2D eigenvalue weighted by Crippen LogP contribution is -1.96. The first kappa shape index (κ1) is 13.4. The van der Waals surface area contributed by atoms with Crippen LogP contribution in [0.15, 0.2) is 35.2 Å². The maximum absolute atomic E-state index is 6.04. The van der Waals surface area contributed by atoms with Gasteiger partial charge in [0, 0.05) is 16.2 Å². The van der Waals surface area contributed by atoms with Crippen LogP contribution in [0.3, 0.4) is 0 Å². The molecule has 2 nitrogen and oxygen atoms in total. The molecule has 0 aliphatic heterocycles. The van der Waals surface area contributed by atoms with Crippen molar-refractivity contribution < 1.29 is 0 Å². The predicted octanol–water partition coefficient (Wildman–Crippen LogP) is 4.47. The Morgan fingerprint density at radius 2 is 1.89 bits per heavy atom. The molecule has 0 fully saturated rings. The summed E-state index contributed by atoms with van der Waals surface area (Å²) in [5.41, 5.74) is 2.01. The number of thioether (sulfide) groups is 1. The molecule has 0 N–H and O–H groups in total. The second-order valence-corrected chi connectivity index (χ2v) is 5.25. The van der Waals surface area contributed by atoms with Gasteiger partial charge < -0.3 is 0 Å². The molecule has 18 heavy (non-hydrogen) atoms. The van der Waals surface area contributed by atoms with E-state index in [0.29, 0.717) is 11.0 Å². The minimum atomic E-state index is 0.511. The van der Waals surface area contributed by atoms with E-state index >= 15 is 0 Å². The van der Waals surface area contributed by atoms with Gasteiger partial charge in [0.05, 0.1) is 0 Å². The van der Waals surface area contributed by atoms with Crippen molar-refractivity contribution in [3.8, 4) is 11.4 Å². The highest BCUT2D eigenvalue weighted by molar-refractivity contribution is 7.98. The summed E-state index contributed by atoms with van der Waals surface area (Å²) in [5.74, 6) is 0.707. The summed E-state index contributed by atoms with van der Waals surface area (Å²) in [6.45, 7) is 2.13. The van der Waals surface area contributed by atoms with Gasteiger partial charge in [0.2, 0.25) is 0 Å². The van der Waals surface area contributed by atoms with Crippen molar-refractivity contribution in [1.82, 2.24) is 9.97 Å². The number of hydrogen-bond acceptors (Lipinski definition) is 3. The summed E-state index contributed by atoms with van der Waals surface area (Å²) in [7, 11) is 0. The van der Waals surface area contributed by atoms with Crippen LogP contribution in [-0.4, -0.2) is 16.2 Å². The van der Waals surface area contributed by atoms with Crippen molar-refractivity contribution in [3.63, 3.8) is 0 Å². The number of benzene rings is 1. The molecule has 0 aliphatic carbocycles. The molecule has 1 aromatic carbocycles. The molecule has 0 atom stereocenters.